The number of hydrogen-bond acceptors (Lipinski definition) is 1. The zero-order valence-electron chi connectivity index (χ0n) is 6.75. The van der Waals surface area contributed by atoms with Crippen LogP contribution in [0.3, 0.4) is 0 Å². The van der Waals surface area contributed by atoms with Crippen molar-refractivity contribution in [3.63, 3.8) is 0 Å². The van der Waals surface area contributed by atoms with Crippen LogP contribution < -0.4 is 5.32 Å². The van der Waals surface area contributed by atoms with Crippen LogP contribution in [-0.2, 0) is 4.79 Å². The minimum absolute atomic E-state index is 0.0150. The fourth-order valence-corrected chi connectivity index (χ4v) is 1.17. The SMILES string of the molecule is C[C@@H](NC=O)c1cccc(Cl)c1. The maximum atomic E-state index is 10.1. The van der Waals surface area contributed by atoms with Gasteiger partial charge in [0, 0.05) is 5.02 Å². The summed E-state index contributed by atoms with van der Waals surface area (Å²) >= 11 is 5.77. The molecule has 0 fully saturated rings. The molecule has 2 nitrogen and oxygen atoms in total. The summed E-state index contributed by atoms with van der Waals surface area (Å²) in [6, 6.07) is 7.44. The zero-order chi connectivity index (χ0) is 8.97. The number of carbonyl (C=O) groups is 1. The van der Waals surface area contributed by atoms with Gasteiger partial charge in [0.15, 0.2) is 0 Å². The molecule has 0 aromatic heterocycles. The Morgan fingerprint density at radius 2 is 2.33 bits per heavy atom. The van der Waals surface area contributed by atoms with E-state index in [4.69, 9.17) is 11.6 Å². The molecule has 0 saturated carbocycles. The molecular weight excluding hydrogens is 174 g/mol. The first kappa shape index (κ1) is 9.07. The summed E-state index contributed by atoms with van der Waals surface area (Å²) in [5.41, 5.74) is 1.01. The van der Waals surface area contributed by atoms with Crippen LogP contribution in [0.25, 0.3) is 0 Å². The van der Waals surface area contributed by atoms with E-state index in [9.17, 15) is 4.79 Å². The molecule has 0 aliphatic heterocycles. The molecule has 0 spiro atoms. The lowest BCUT2D eigenvalue weighted by atomic mass is 10.1. The van der Waals surface area contributed by atoms with Gasteiger partial charge in [-0.25, -0.2) is 0 Å². The zero-order valence-corrected chi connectivity index (χ0v) is 7.51. The highest BCUT2D eigenvalue weighted by atomic mass is 35.5. The molecule has 12 heavy (non-hydrogen) atoms. The first-order chi connectivity index (χ1) is 5.74. The van der Waals surface area contributed by atoms with Gasteiger partial charge in [-0.3, -0.25) is 4.79 Å². The van der Waals surface area contributed by atoms with Crippen molar-refractivity contribution in [1.29, 1.82) is 0 Å². The average Bonchev–Trinajstić information content (AvgIpc) is 2.05. The van der Waals surface area contributed by atoms with Crippen LogP contribution in [0.2, 0.25) is 5.02 Å². The lowest BCUT2D eigenvalue weighted by molar-refractivity contribution is -0.110. The summed E-state index contributed by atoms with van der Waals surface area (Å²) in [7, 11) is 0. The van der Waals surface area contributed by atoms with Gasteiger partial charge in [-0.05, 0) is 24.6 Å². The van der Waals surface area contributed by atoms with Crippen molar-refractivity contribution >= 4 is 18.0 Å². The molecule has 0 unspecified atom stereocenters. The lowest BCUT2D eigenvalue weighted by Crippen LogP contribution is -2.15. The number of carbonyl (C=O) groups excluding carboxylic acids is 1. The summed E-state index contributed by atoms with van der Waals surface area (Å²) in [6.45, 7) is 1.90. The maximum Gasteiger partial charge on any atom is 0.207 e. The van der Waals surface area contributed by atoms with Crippen molar-refractivity contribution in [2.24, 2.45) is 0 Å². The fourth-order valence-electron chi connectivity index (χ4n) is 0.974. The van der Waals surface area contributed by atoms with Gasteiger partial charge in [-0.2, -0.15) is 0 Å². The largest absolute Gasteiger partial charge is 0.352 e. The van der Waals surface area contributed by atoms with Crippen molar-refractivity contribution < 1.29 is 4.79 Å². The minimum Gasteiger partial charge on any atom is -0.352 e. The van der Waals surface area contributed by atoms with Gasteiger partial charge in [-0.1, -0.05) is 23.7 Å². The summed E-state index contributed by atoms with van der Waals surface area (Å²) < 4.78 is 0. The molecule has 1 amide bonds. The summed E-state index contributed by atoms with van der Waals surface area (Å²) in [4.78, 5) is 10.1. The van der Waals surface area contributed by atoms with Crippen LogP contribution in [0.15, 0.2) is 24.3 Å². The molecule has 1 atom stereocenters. The number of rotatable bonds is 3. The highest BCUT2D eigenvalue weighted by Crippen LogP contribution is 2.16. The molecule has 0 radical (unpaired) electrons. The Balaban J connectivity index is 2.80. The van der Waals surface area contributed by atoms with E-state index >= 15 is 0 Å². The van der Waals surface area contributed by atoms with E-state index in [0.717, 1.165) is 5.56 Å². The van der Waals surface area contributed by atoms with Gasteiger partial charge in [-0.15, -0.1) is 0 Å². The molecule has 1 aromatic carbocycles. The second-order valence-electron chi connectivity index (χ2n) is 2.56. The number of benzene rings is 1. The van der Waals surface area contributed by atoms with Gasteiger partial charge >= 0.3 is 0 Å². The molecule has 1 N–H and O–H groups in total. The molecule has 64 valence electrons. The Hall–Kier alpha value is -1.02. The van der Waals surface area contributed by atoms with E-state index in [-0.39, 0.29) is 6.04 Å². The highest BCUT2D eigenvalue weighted by Gasteiger charge is 2.02. The lowest BCUT2D eigenvalue weighted by Gasteiger charge is -2.09. The molecule has 3 heteroatoms. The Morgan fingerprint density at radius 3 is 2.92 bits per heavy atom. The van der Waals surface area contributed by atoms with Crippen LogP contribution in [0.4, 0.5) is 0 Å². The third-order valence-electron chi connectivity index (χ3n) is 1.67. The van der Waals surface area contributed by atoms with Gasteiger partial charge in [0.05, 0.1) is 6.04 Å². The Kier molecular flexibility index (Phi) is 3.11. The predicted octanol–water partition coefficient (Wildman–Crippen LogP) is 2.15. The normalized spacial score (nSPS) is 12.2. The molecule has 1 aromatic rings. The highest BCUT2D eigenvalue weighted by molar-refractivity contribution is 6.30. The standard InChI is InChI=1S/C9H10ClNO/c1-7(11-6-12)8-3-2-4-9(10)5-8/h2-7H,1H3,(H,11,12)/t7-/m1/s1. The van der Waals surface area contributed by atoms with Gasteiger partial charge in [0.2, 0.25) is 6.41 Å². The van der Waals surface area contributed by atoms with Crippen molar-refractivity contribution in [1.82, 2.24) is 5.32 Å². The van der Waals surface area contributed by atoms with E-state index in [0.29, 0.717) is 11.4 Å². The van der Waals surface area contributed by atoms with Crippen molar-refractivity contribution in [2.45, 2.75) is 13.0 Å². The van der Waals surface area contributed by atoms with Gasteiger partial charge in [0.1, 0.15) is 0 Å². The van der Waals surface area contributed by atoms with Gasteiger partial charge < -0.3 is 5.32 Å². The fraction of sp³-hybridized carbons (Fsp3) is 0.222. The van der Waals surface area contributed by atoms with Crippen LogP contribution in [0, 0.1) is 0 Å². The second-order valence-corrected chi connectivity index (χ2v) is 3.00. The average molecular weight is 184 g/mol. The van der Waals surface area contributed by atoms with Crippen molar-refractivity contribution in [2.75, 3.05) is 0 Å². The summed E-state index contributed by atoms with van der Waals surface area (Å²) in [5, 5.41) is 3.34. The van der Waals surface area contributed by atoms with Crippen molar-refractivity contribution in [3.8, 4) is 0 Å². The third kappa shape index (κ3) is 2.24. The molecule has 0 aliphatic rings. The maximum absolute atomic E-state index is 10.1. The van der Waals surface area contributed by atoms with E-state index in [1.165, 1.54) is 0 Å². The first-order valence-electron chi connectivity index (χ1n) is 3.69. The van der Waals surface area contributed by atoms with Crippen LogP contribution in [-0.4, -0.2) is 6.41 Å². The van der Waals surface area contributed by atoms with Crippen LogP contribution in [0.1, 0.15) is 18.5 Å². The molecule has 0 saturated heterocycles. The molecule has 0 bridgehead atoms. The Morgan fingerprint density at radius 1 is 1.58 bits per heavy atom. The minimum atomic E-state index is 0.0150. The summed E-state index contributed by atoms with van der Waals surface area (Å²) in [5.74, 6) is 0. The quantitative estimate of drug-likeness (QED) is 0.715. The predicted molar refractivity (Wildman–Crippen MR) is 49.1 cm³/mol. The van der Waals surface area contributed by atoms with Crippen LogP contribution in [0.5, 0.6) is 0 Å². The Labute approximate surface area is 76.5 Å². The summed E-state index contributed by atoms with van der Waals surface area (Å²) in [6.07, 6.45) is 0.686. The molecule has 0 aliphatic carbocycles. The number of nitrogens with one attached hydrogen (secondary N) is 1. The Bertz CT molecular complexity index is 275. The third-order valence-corrected chi connectivity index (χ3v) is 1.90. The second kappa shape index (κ2) is 4.12. The van der Waals surface area contributed by atoms with E-state index in [2.05, 4.69) is 5.32 Å². The molecular formula is C9H10ClNO. The van der Waals surface area contributed by atoms with Crippen molar-refractivity contribution in [3.05, 3.63) is 34.9 Å². The number of hydrogen-bond donors (Lipinski definition) is 1. The molecule has 1 rings (SSSR count). The molecule has 0 heterocycles. The smallest absolute Gasteiger partial charge is 0.207 e. The van der Waals surface area contributed by atoms with Crippen LogP contribution >= 0.6 is 11.6 Å². The van der Waals surface area contributed by atoms with E-state index in [1.807, 2.05) is 25.1 Å². The topological polar surface area (TPSA) is 29.1 Å². The van der Waals surface area contributed by atoms with Gasteiger partial charge in [0.25, 0.3) is 0 Å². The first-order valence-corrected chi connectivity index (χ1v) is 4.07. The number of halogens is 1. The van der Waals surface area contributed by atoms with E-state index in [1.54, 1.807) is 6.07 Å². The number of amides is 1. The van der Waals surface area contributed by atoms with E-state index < -0.39 is 0 Å². The monoisotopic (exact) mass is 183 g/mol.